The van der Waals surface area contributed by atoms with E-state index >= 15 is 0 Å². The van der Waals surface area contributed by atoms with Crippen LogP contribution in [0.25, 0.3) is 0 Å². The third kappa shape index (κ3) is 3.46. The molecule has 0 aliphatic rings. The van der Waals surface area contributed by atoms with Crippen LogP contribution in [-0.2, 0) is 0 Å². The highest BCUT2D eigenvalue weighted by Gasteiger charge is 2.21. The molecule has 22 heavy (non-hydrogen) atoms. The number of aliphatic hydroxyl groups excluding tert-OH is 1. The first kappa shape index (κ1) is 16.0. The second-order valence-corrected chi connectivity index (χ2v) is 5.02. The number of benzene rings is 1. The SMILES string of the molecule is Cc1ncccc1C(=O)NC(C)C(O)c1ccc(F)c(F)c1. The fourth-order valence-corrected chi connectivity index (χ4v) is 2.07. The van der Waals surface area contributed by atoms with Crippen LogP contribution in [0.3, 0.4) is 0 Å². The minimum absolute atomic E-state index is 0.189. The van der Waals surface area contributed by atoms with Crippen molar-refractivity contribution in [3.63, 3.8) is 0 Å². The van der Waals surface area contributed by atoms with E-state index in [-0.39, 0.29) is 11.5 Å². The van der Waals surface area contributed by atoms with E-state index in [0.29, 0.717) is 11.3 Å². The Morgan fingerprint density at radius 2 is 2.00 bits per heavy atom. The van der Waals surface area contributed by atoms with Crippen LogP contribution in [0.2, 0.25) is 0 Å². The number of hydrogen-bond donors (Lipinski definition) is 2. The molecule has 0 aliphatic carbocycles. The van der Waals surface area contributed by atoms with Crippen molar-refractivity contribution in [3.05, 3.63) is 65.0 Å². The summed E-state index contributed by atoms with van der Waals surface area (Å²) in [5.74, 6) is -2.42. The molecule has 1 heterocycles. The van der Waals surface area contributed by atoms with Crippen molar-refractivity contribution in [2.24, 2.45) is 0 Å². The zero-order chi connectivity index (χ0) is 16.3. The lowest BCUT2D eigenvalue weighted by molar-refractivity contribution is 0.0850. The Balaban J connectivity index is 2.11. The van der Waals surface area contributed by atoms with E-state index in [2.05, 4.69) is 10.3 Å². The number of aliphatic hydroxyl groups is 1. The highest BCUT2D eigenvalue weighted by molar-refractivity contribution is 5.95. The molecule has 1 amide bonds. The molecule has 0 radical (unpaired) electrons. The zero-order valence-corrected chi connectivity index (χ0v) is 12.2. The summed E-state index contributed by atoms with van der Waals surface area (Å²) in [7, 11) is 0. The molecule has 2 aromatic rings. The van der Waals surface area contributed by atoms with Gasteiger partial charge in [0, 0.05) is 11.9 Å². The maximum atomic E-state index is 13.2. The summed E-state index contributed by atoms with van der Waals surface area (Å²) in [6.45, 7) is 3.28. The van der Waals surface area contributed by atoms with Gasteiger partial charge in [0.2, 0.25) is 0 Å². The molecule has 0 saturated carbocycles. The standard InChI is InChI=1S/C16H16F2N2O2/c1-9-12(4-3-7-19-9)16(22)20-10(2)15(21)11-5-6-13(17)14(18)8-11/h3-8,10,15,21H,1-2H3,(H,20,22). The summed E-state index contributed by atoms with van der Waals surface area (Å²) < 4.78 is 26.1. The van der Waals surface area contributed by atoms with Gasteiger partial charge in [-0.25, -0.2) is 8.78 Å². The highest BCUT2D eigenvalue weighted by Crippen LogP contribution is 2.19. The molecular weight excluding hydrogens is 290 g/mol. The first-order chi connectivity index (χ1) is 10.4. The molecule has 1 aromatic carbocycles. The highest BCUT2D eigenvalue weighted by atomic mass is 19.2. The van der Waals surface area contributed by atoms with E-state index < -0.39 is 23.8 Å². The normalized spacial score (nSPS) is 13.5. The van der Waals surface area contributed by atoms with Gasteiger partial charge < -0.3 is 10.4 Å². The molecule has 2 N–H and O–H groups in total. The molecule has 6 heteroatoms. The van der Waals surface area contributed by atoms with Gasteiger partial charge in [-0.3, -0.25) is 9.78 Å². The molecular formula is C16H16F2N2O2. The third-order valence-corrected chi connectivity index (χ3v) is 3.37. The molecule has 0 saturated heterocycles. The molecule has 0 aliphatic heterocycles. The molecule has 2 atom stereocenters. The van der Waals surface area contributed by atoms with Crippen LogP contribution in [-0.4, -0.2) is 22.0 Å². The van der Waals surface area contributed by atoms with E-state index in [4.69, 9.17) is 0 Å². The van der Waals surface area contributed by atoms with Crippen LogP contribution >= 0.6 is 0 Å². The minimum atomic E-state index is -1.16. The number of nitrogens with one attached hydrogen (secondary N) is 1. The predicted molar refractivity (Wildman–Crippen MR) is 77.2 cm³/mol. The lowest BCUT2D eigenvalue weighted by Gasteiger charge is -2.21. The maximum Gasteiger partial charge on any atom is 0.253 e. The number of amides is 1. The summed E-state index contributed by atoms with van der Waals surface area (Å²) >= 11 is 0. The third-order valence-electron chi connectivity index (χ3n) is 3.37. The fourth-order valence-electron chi connectivity index (χ4n) is 2.07. The van der Waals surface area contributed by atoms with E-state index in [9.17, 15) is 18.7 Å². The summed E-state index contributed by atoms with van der Waals surface area (Å²) in [5.41, 5.74) is 1.15. The Morgan fingerprint density at radius 1 is 1.27 bits per heavy atom. The van der Waals surface area contributed by atoms with Crippen molar-refractivity contribution < 1.29 is 18.7 Å². The van der Waals surface area contributed by atoms with Crippen LogP contribution < -0.4 is 5.32 Å². The predicted octanol–water partition coefficient (Wildman–Crippen LogP) is 2.52. The molecule has 0 fully saturated rings. The molecule has 0 spiro atoms. The number of aryl methyl sites for hydroxylation is 1. The molecule has 1 aromatic heterocycles. The average Bonchev–Trinajstić information content (AvgIpc) is 2.49. The number of pyridine rings is 1. The second-order valence-electron chi connectivity index (χ2n) is 5.02. The number of aromatic nitrogens is 1. The monoisotopic (exact) mass is 306 g/mol. The van der Waals surface area contributed by atoms with E-state index in [1.54, 1.807) is 32.2 Å². The zero-order valence-electron chi connectivity index (χ0n) is 12.2. The number of nitrogens with zero attached hydrogens (tertiary/aromatic N) is 1. The van der Waals surface area contributed by atoms with Gasteiger partial charge in [-0.1, -0.05) is 6.07 Å². The van der Waals surface area contributed by atoms with Crippen molar-refractivity contribution in [1.82, 2.24) is 10.3 Å². The smallest absolute Gasteiger partial charge is 0.253 e. The minimum Gasteiger partial charge on any atom is -0.386 e. The molecule has 4 nitrogen and oxygen atoms in total. The van der Waals surface area contributed by atoms with Crippen molar-refractivity contribution in [1.29, 1.82) is 0 Å². The van der Waals surface area contributed by atoms with Crippen LogP contribution in [0.4, 0.5) is 8.78 Å². The first-order valence-corrected chi connectivity index (χ1v) is 6.75. The molecule has 116 valence electrons. The average molecular weight is 306 g/mol. The quantitative estimate of drug-likeness (QED) is 0.912. The van der Waals surface area contributed by atoms with Crippen molar-refractivity contribution >= 4 is 5.91 Å². The van der Waals surface area contributed by atoms with Gasteiger partial charge in [-0.05, 0) is 43.7 Å². The van der Waals surface area contributed by atoms with Crippen molar-refractivity contribution in [3.8, 4) is 0 Å². The number of hydrogen-bond acceptors (Lipinski definition) is 3. The second kappa shape index (κ2) is 6.62. The van der Waals surface area contributed by atoms with Crippen molar-refractivity contribution in [2.45, 2.75) is 26.0 Å². The van der Waals surface area contributed by atoms with Gasteiger partial charge in [0.25, 0.3) is 5.91 Å². The van der Waals surface area contributed by atoms with Gasteiger partial charge >= 0.3 is 0 Å². The first-order valence-electron chi connectivity index (χ1n) is 6.75. The Morgan fingerprint density at radius 3 is 2.64 bits per heavy atom. The van der Waals surface area contributed by atoms with Gasteiger partial charge in [0.15, 0.2) is 11.6 Å². The van der Waals surface area contributed by atoms with Crippen molar-refractivity contribution in [2.75, 3.05) is 0 Å². The maximum absolute atomic E-state index is 13.2. The number of carbonyl (C=O) groups excluding carboxylic acids is 1. The van der Waals surface area contributed by atoms with Crippen LogP contribution in [0, 0.1) is 18.6 Å². The Bertz CT molecular complexity index is 692. The topological polar surface area (TPSA) is 62.2 Å². The largest absolute Gasteiger partial charge is 0.386 e. The van der Waals surface area contributed by atoms with E-state index in [1.165, 1.54) is 6.07 Å². The van der Waals surface area contributed by atoms with E-state index in [1.807, 2.05) is 0 Å². The summed E-state index contributed by atoms with van der Waals surface area (Å²) in [4.78, 5) is 16.2. The number of carbonyl (C=O) groups is 1. The summed E-state index contributed by atoms with van der Waals surface area (Å²) in [6.07, 6.45) is 0.419. The summed E-state index contributed by atoms with van der Waals surface area (Å²) in [5, 5.41) is 12.8. The van der Waals surface area contributed by atoms with Crippen LogP contribution in [0.5, 0.6) is 0 Å². The van der Waals surface area contributed by atoms with E-state index in [0.717, 1.165) is 12.1 Å². The van der Waals surface area contributed by atoms with Gasteiger partial charge in [-0.15, -0.1) is 0 Å². The Hall–Kier alpha value is -2.34. The van der Waals surface area contributed by atoms with Gasteiger partial charge in [0.1, 0.15) is 0 Å². The van der Waals surface area contributed by atoms with Crippen LogP contribution in [0.1, 0.15) is 34.6 Å². The Labute approximate surface area is 126 Å². The molecule has 2 rings (SSSR count). The number of halogens is 2. The van der Waals surface area contributed by atoms with Gasteiger partial charge in [-0.2, -0.15) is 0 Å². The molecule has 0 bridgehead atoms. The molecule has 2 unspecified atom stereocenters. The summed E-state index contributed by atoms with van der Waals surface area (Å²) in [6, 6.07) is 5.70. The lowest BCUT2D eigenvalue weighted by atomic mass is 10.0. The van der Waals surface area contributed by atoms with Gasteiger partial charge in [0.05, 0.1) is 17.7 Å². The Kier molecular flexibility index (Phi) is 4.82. The fraction of sp³-hybridized carbons (Fsp3) is 0.250. The van der Waals surface area contributed by atoms with Crippen LogP contribution in [0.15, 0.2) is 36.5 Å². The number of rotatable bonds is 4. The lowest BCUT2D eigenvalue weighted by Crippen LogP contribution is -2.37.